The molecule has 0 saturated carbocycles. The molecule has 9 heteroatoms. The van der Waals surface area contributed by atoms with Crippen LogP contribution >= 0.6 is 0 Å². The molecule has 0 aromatic heterocycles. The van der Waals surface area contributed by atoms with Gasteiger partial charge in [0.05, 0.1) is 19.1 Å². The summed E-state index contributed by atoms with van der Waals surface area (Å²) in [5.74, 6) is 0.660. The van der Waals surface area contributed by atoms with Crippen molar-refractivity contribution in [1.82, 2.24) is 4.31 Å². The van der Waals surface area contributed by atoms with Gasteiger partial charge in [-0.25, -0.2) is 8.42 Å². The molecule has 0 atom stereocenters. The number of carbonyl (C=O) groups excluding carboxylic acids is 1. The number of carbonyl (C=O) groups is 1. The van der Waals surface area contributed by atoms with Gasteiger partial charge in [-0.05, 0) is 59.7 Å². The second-order valence-corrected chi connectivity index (χ2v) is 8.92. The number of hydrogen-bond donors (Lipinski definition) is 1. The highest BCUT2D eigenvalue weighted by molar-refractivity contribution is 7.89. The second-order valence-electron chi connectivity index (χ2n) is 6.98. The van der Waals surface area contributed by atoms with Crippen LogP contribution in [-0.2, 0) is 23.1 Å². The lowest BCUT2D eigenvalue weighted by molar-refractivity contribution is 0.269. The van der Waals surface area contributed by atoms with Gasteiger partial charge in [-0.3, -0.25) is 4.79 Å². The van der Waals surface area contributed by atoms with Gasteiger partial charge in [-0.1, -0.05) is 24.3 Å². The van der Waals surface area contributed by atoms with Crippen LogP contribution in [0.4, 0.5) is 10.5 Å². The van der Waals surface area contributed by atoms with E-state index >= 15 is 0 Å². The summed E-state index contributed by atoms with van der Waals surface area (Å²) >= 11 is 0. The highest BCUT2D eigenvalue weighted by Crippen LogP contribution is 2.24. The third-order valence-electron chi connectivity index (χ3n) is 4.80. The number of methoxy groups -OCH3 is 2. The molecule has 3 rings (SSSR count). The van der Waals surface area contributed by atoms with Crippen molar-refractivity contribution in [3.05, 3.63) is 83.9 Å². The molecule has 0 aliphatic carbocycles. The first-order chi connectivity index (χ1) is 15.3. The van der Waals surface area contributed by atoms with Crippen LogP contribution in [0.1, 0.15) is 11.1 Å². The maximum absolute atomic E-state index is 13.5. The summed E-state index contributed by atoms with van der Waals surface area (Å²) < 4.78 is 38.7. The maximum atomic E-state index is 13.5. The van der Waals surface area contributed by atoms with E-state index in [1.54, 1.807) is 38.5 Å². The first-order valence-corrected chi connectivity index (χ1v) is 11.2. The van der Waals surface area contributed by atoms with E-state index in [2.05, 4.69) is 5.32 Å². The zero-order chi connectivity index (χ0) is 23.1. The Labute approximate surface area is 189 Å². The molecular weight excluding hydrogens is 427 g/mol. The number of sulfonamides is 1. The van der Waals surface area contributed by atoms with E-state index in [-0.39, 0.29) is 18.0 Å². The van der Waals surface area contributed by atoms with Gasteiger partial charge in [0.2, 0.25) is 17.9 Å². The fraction of sp³-hybridized carbons (Fsp3) is 0.174. The number of benzene rings is 3. The first kappa shape index (κ1) is 23.4. The summed E-state index contributed by atoms with van der Waals surface area (Å²) in [6.07, 6.45) is 0. The smallest absolute Gasteiger partial charge is 0.243 e. The molecule has 164 valence electrons. The van der Waals surface area contributed by atoms with Gasteiger partial charge < -0.3 is 14.8 Å². The van der Waals surface area contributed by atoms with E-state index in [4.69, 9.17) is 17.3 Å². The van der Waals surface area contributed by atoms with E-state index in [0.717, 1.165) is 11.1 Å². The van der Waals surface area contributed by atoms with Gasteiger partial charge in [-0.2, -0.15) is 4.31 Å². The van der Waals surface area contributed by atoms with Gasteiger partial charge in [0.1, 0.15) is 11.5 Å². The SMILES string of the molecule is [B]C(=O)Nc1ccc(S(=O)(=O)N(Cc2ccc(OC)cc2)Cc2ccc(OC)cc2)cc1. The summed E-state index contributed by atoms with van der Waals surface area (Å²) in [6, 6.07) is 20.3. The summed E-state index contributed by atoms with van der Waals surface area (Å²) in [6.45, 7) is 0.333. The molecule has 0 unspecified atom stereocenters. The zero-order valence-corrected chi connectivity index (χ0v) is 18.6. The van der Waals surface area contributed by atoms with Crippen molar-refractivity contribution >= 4 is 29.4 Å². The number of nitrogens with one attached hydrogen (secondary N) is 1. The minimum absolute atomic E-state index is 0.106. The van der Waals surface area contributed by atoms with Gasteiger partial charge in [0.25, 0.3) is 0 Å². The average Bonchev–Trinajstić information content (AvgIpc) is 2.79. The quantitative estimate of drug-likeness (QED) is 0.502. The Morgan fingerprint density at radius 1 is 0.812 bits per heavy atom. The monoisotopic (exact) mass is 450 g/mol. The number of hydrogen-bond acceptors (Lipinski definition) is 5. The fourth-order valence-corrected chi connectivity index (χ4v) is 4.51. The molecule has 1 amide bonds. The second kappa shape index (κ2) is 10.3. The normalized spacial score (nSPS) is 11.2. The predicted octanol–water partition coefficient (Wildman–Crippen LogP) is 3.80. The molecule has 0 aliphatic rings. The molecular formula is C23H23BN2O5S. The van der Waals surface area contributed by atoms with E-state index in [1.807, 2.05) is 24.3 Å². The first-order valence-electron chi connectivity index (χ1n) is 9.74. The van der Waals surface area contributed by atoms with E-state index in [0.29, 0.717) is 17.2 Å². The Bertz CT molecular complexity index is 1100. The van der Waals surface area contributed by atoms with Crippen molar-refractivity contribution in [3.8, 4) is 11.5 Å². The molecule has 3 aromatic carbocycles. The summed E-state index contributed by atoms with van der Waals surface area (Å²) in [5.41, 5.74) is 2.04. The van der Waals surface area contributed by atoms with E-state index < -0.39 is 15.8 Å². The molecule has 0 fully saturated rings. The van der Waals surface area contributed by atoms with E-state index in [1.165, 1.54) is 28.6 Å². The lowest BCUT2D eigenvalue weighted by Crippen LogP contribution is -2.30. The minimum atomic E-state index is -3.85. The van der Waals surface area contributed by atoms with Crippen LogP contribution < -0.4 is 14.8 Å². The molecule has 0 spiro atoms. The van der Waals surface area contributed by atoms with Crippen molar-refractivity contribution in [1.29, 1.82) is 0 Å². The lowest BCUT2D eigenvalue weighted by Gasteiger charge is -2.23. The summed E-state index contributed by atoms with van der Waals surface area (Å²) in [7, 11) is 4.42. The van der Waals surface area contributed by atoms with Crippen molar-refractivity contribution in [2.45, 2.75) is 18.0 Å². The van der Waals surface area contributed by atoms with Crippen LogP contribution in [0, 0.1) is 0 Å². The Morgan fingerprint density at radius 3 is 1.62 bits per heavy atom. The van der Waals surface area contributed by atoms with Gasteiger partial charge in [0, 0.05) is 18.8 Å². The zero-order valence-electron chi connectivity index (χ0n) is 17.8. The lowest BCUT2D eigenvalue weighted by atomic mass is 10.1. The van der Waals surface area contributed by atoms with Gasteiger partial charge in [-0.15, -0.1) is 0 Å². The molecule has 3 aromatic rings. The molecule has 7 nitrogen and oxygen atoms in total. The van der Waals surface area contributed by atoms with Crippen molar-refractivity contribution in [3.63, 3.8) is 0 Å². The van der Waals surface area contributed by atoms with Crippen molar-refractivity contribution in [2.24, 2.45) is 0 Å². The van der Waals surface area contributed by atoms with Crippen LogP contribution in [0.3, 0.4) is 0 Å². The number of nitrogens with zero attached hydrogens (tertiary/aromatic N) is 1. The Balaban J connectivity index is 1.92. The van der Waals surface area contributed by atoms with Crippen molar-refractivity contribution in [2.75, 3.05) is 19.5 Å². The molecule has 2 radical (unpaired) electrons. The standard InChI is InChI=1S/C23H23BN2O5S/c1-30-20-9-3-17(4-10-20)15-26(16-18-5-11-21(31-2)12-6-18)32(28,29)22-13-7-19(8-14-22)25-23(24)27/h3-14H,15-16H2,1-2H3,(H,25,27). The van der Waals surface area contributed by atoms with Crippen LogP contribution in [0.2, 0.25) is 0 Å². The molecule has 0 saturated heterocycles. The molecule has 32 heavy (non-hydrogen) atoms. The maximum Gasteiger partial charge on any atom is 0.243 e. The number of rotatable bonds is 9. The summed E-state index contributed by atoms with van der Waals surface area (Å²) in [4.78, 5) is 11.1. The number of ether oxygens (including phenoxy) is 2. The van der Waals surface area contributed by atoms with Crippen LogP contribution in [0.25, 0.3) is 0 Å². The van der Waals surface area contributed by atoms with Crippen LogP contribution in [0.5, 0.6) is 11.5 Å². The molecule has 0 aliphatic heterocycles. The highest BCUT2D eigenvalue weighted by Gasteiger charge is 2.25. The van der Waals surface area contributed by atoms with Gasteiger partial charge in [0.15, 0.2) is 5.81 Å². The van der Waals surface area contributed by atoms with Crippen LogP contribution in [0.15, 0.2) is 77.7 Å². The number of anilines is 1. The van der Waals surface area contributed by atoms with Crippen LogP contribution in [-0.4, -0.2) is 40.6 Å². The highest BCUT2D eigenvalue weighted by atomic mass is 32.2. The Morgan fingerprint density at radius 2 is 1.25 bits per heavy atom. The predicted molar refractivity (Wildman–Crippen MR) is 124 cm³/mol. The van der Waals surface area contributed by atoms with Gasteiger partial charge >= 0.3 is 0 Å². The molecule has 0 heterocycles. The fourth-order valence-electron chi connectivity index (χ4n) is 3.10. The van der Waals surface area contributed by atoms with E-state index in [9.17, 15) is 13.2 Å². The third-order valence-corrected chi connectivity index (χ3v) is 6.60. The average molecular weight is 450 g/mol. The topological polar surface area (TPSA) is 84.9 Å². The molecule has 0 bridgehead atoms. The molecule has 1 N–H and O–H groups in total. The Hall–Kier alpha value is -3.30. The Kier molecular flexibility index (Phi) is 7.55. The largest absolute Gasteiger partial charge is 0.497 e. The summed E-state index contributed by atoms with van der Waals surface area (Å²) in [5, 5.41) is 2.42. The minimum Gasteiger partial charge on any atom is -0.497 e. The van der Waals surface area contributed by atoms with Crippen molar-refractivity contribution < 1.29 is 22.7 Å². The number of amides is 1. The third kappa shape index (κ3) is 5.90.